The lowest BCUT2D eigenvalue weighted by molar-refractivity contribution is -0.142. The van der Waals surface area contributed by atoms with Crippen molar-refractivity contribution in [2.45, 2.75) is 66.0 Å². The molecule has 156 valence electrons. The Morgan fingerprint density at radius 1 is 1.19 bits per heavy atom. The van der Waals surface area contributed by atoms with Crippen molar-refractivity contribution < 1.29 is 24.3 Å². The molecule has 0 rings (SSSR count). The molecule has 0 saturated carbocycles. The summed E-state index contributed by atoms with van der Waals surface area (Å²) in [6.45, 7) is 13.9. The van der Waals surface area contributed by atoms with Crippen LogP contribution in [0.4, 0.5) is 0 Å². The zero-order chi connectivity index (χ0) is 21.4. The normalized spacial score (nSPS) is 12.4. The fourth-order valence-corrected chi connectivity index (χ4v) is 2.24. The van der Waals surface area contributed by atoms with Gasteiger partial charge in [-0.3, -0.25) is 9.59 Å². The minimum absolute atomic E-state index is 0.0969. The molecule has 4 N–H and O–H groups in total. The maximum Gasteiger partial charge on any atom is 0.326 e. The van der Waals surface area contributed by atoms with E-state index in [9.17, 15) is 14.4 Å². The lowest BCUT2D eigenvalue weighted by Crippen LogP contribution is -2.49. The number of carbonyl (C=O) groups excluding carboxylic acids is 2. The molecule has 0 aliphatic rings. The van der Waals surface area contributed by atoms with Gasteiger partial charge in [-0.25, -0.2) is 4.79 Å². The average molecular weight is 386 g/mol. The van der Waals surface area contributed by atoms with E-state index in [1.807, 2.05) is 13.8 Å². The fourth-order valence-electron chi connectivity index (χ4n) is 2.24. The van der Waals surface area contributed by atoms with Crippen LogP contribution in [0.1, 0.15) is 53.9 Å². The Bertz CT molecular complexity index is 494. The van der Waals surface area contributed by atoms with Gasteiger partial charge >= 0.3 is 12.2 Å². The summed E-state index contributed by atoms with van der Waals surface area (Å²) in [5.41, 5.74) is 13.8. The van der Waals surface area contributed by atoms with Crippen LogP contribution in [0, 0.1) is 5.92 Å². The number of rotatable bonds is 12. The van der Waals surface area contributed by atoms with E-state index in [1.54, 1.807) is 0 Å². The van der Waals surface area contributed by atoms with Gasteiger partial charge in [0, 0.05) is 6.42 Å². The number of hydrogen-bond acceptors (Lipinski definition) is 5. The first-order valence-corrected chi connectivity index (χ1v) is 9.34. The molecule has 0 heterocycles. The van der Waals surface area contributed by atoms with Crippen LogP contribution in [0.15, 0.2) is 0 Å². The van der Waals surface area contributed by atoms with Gasteiger partial charge in [0.05, 0.1) is 6.04 Å². The Balaban J connectivity index is 0. The van der Waals surface area contributed by atoms with Crippen molar-refractivity contribution in [1.82, 2.24) is 10.2 Å². The summed E-state index contributed by atoms with van der Waals surface area (Å²) < 4.78 is 0. The Morgan fingerprint density at radius 2 is 1.70 bits per heavy atom. The fraction of sp³-hybridized carbons (Fsp3) is 0.778. The average Bonchev–Trinajstić information content (AvgIpc) is 2.59. The molecule has 0 spiro atoms. The molecule has 0 aromatic rings. The number of nitrogens with two attached hydrogens (primary N) is 1. The monoisotopic (exact) mass is 385 g/mol. The first kappa shape index (κ1) is 27.1. The Kier molecular flexibility index (Phi) is 16.2. The topological polar surface area (TPSA) is 149 Å². The molecule has 0 aliphatic heterocycles. The van der Waals surface area contributed by atoms with Gasteiger partial charge in [-0.1, -0.05) is 34.6 Å². The third kappa shape index (κ3) is 14.7. The van der Waals surface area contributed by atoms with Crippen LogP contribution in [-0.4, -0.2) is 70.4 Å². The van der Waals surface area contributed by atoms with Crippen molar-refractivity contribution in [1.29, 1.82) is 0 Å². The first-order valence-electron chi connectivity index (χ1n) is 9.34. The molecule has 0 bridgehead atoms. The van der Waals surface area contributed by atoms with Crippen molar-refractivity contribution in [3.8, 4) is 0 Å². The highest BCUT2D eigenvalue weighted by atomic mass is 16.4. The summed E-state index contributed by atoms with van der Waals surface area (Å²) in [4.78, 5) is 38.7. The van der Waals surface area contributed by atoms with Crippen LogP contribution in [0.3, 0.4) is 0 Å². The number of nitrogens with one attached hydrogen (secondary N) is 1. The molecule has 9 heteroatoms. The number of ketones is 1. The highest BCUT2D eigenvalue weighted by Gasteiger charge is 2.24. The number of hydrogen-bond donors (Lipinski definition) is 3. The van der Waals surface area contributed by atoms with E-state index in [1.165, 1.54) is 19.6 Å². The molecule has 1 amide bonds. The van der Waals surface area contributed by atoms with Crippen molar-refractivity contribution in [3.63, 3.8) is 0 Å². The summed E-state index contributed by atoms with van der Waals surface area (Å²) in [6.07, 6.45) is 0.876. The quantitative estimate of drug-likeness (QED) is 0.258. The number of Topliss-reactive ketones (excluding diaryl/α,β-unsaturated/α-hetero) is 1. The van der Waals surface area contributed by atoms with Gasteiger partial charge < -0.3 is 26.6 Å². The van der Waals surface area contributed by atoms with Gasteiger partial charge in [0.2, 0.25) is 11.7 Å². The van der Waals surface area contributed by atoms with Crippen LogP contribution >= 0.6 is 0 Å². The van der Waals surface area contributed by atoms with Crippen LogP contribution in [0.25, 0.3) is 5.53 Å². The lowest BCUT2D eigenvalue weighted by atomic mass is 10.0. The van der Waals surface area contributed by atoms with Crippen molar-refractivity contribution in [3.05, 3.63) is 5.53 Å². The number of nitrogens with zero attached hydrogens (tertiary/aromatic N) is 3. The van der Waals surface area contributed by atoms with E-state index >= 15 is 0 Å². The first-order chi connectivity index (χ1) is 12.6. The SMILES string of the molecule is CC(C)C[C@H](N)C(=O)N[C@@H](CCC(=O)C=[N+]=[N-])C(=O)O.CCN(CC)CC. The molecule has 0 aromatic carbocycles. The standard InChI is InChI=1S/C12H20N4O4.C6H15N/c1-7(2)5-9(13)11(18)16-10(12(19)20)4-3-8(17)6-15-14;1-4-7(5-2)6-3/h6-7,9-10H,3-5,13H2,1-2H3,(H,16,18)(H,19,20);4-6H2,1-3H3/t9-,10-;/m0./s1. The third-order valence-electron chi connectivity index (χ3n) is 3.90. The van der Waals surface area contributed by atoms with Crippen molar-refractivity contribution in [2.75, 3.05) is 19.6 Å². The maximum absolute atomic E-state index is 11.7. The number of aliphatic carboxylic acids is 1. The highest BCUT2D eigenvalue weighted by Crippen LogP contribution is 2.04. The highest BCUT2D eigenvalue weighted by molar-refractivity contribution is 6.25. The molecular formula is C18H35N5O4. The second kappa shape index (κ2) is 16.1. The van der Waals surface area contributed by atoms with E-state index in [0.29, 0.717) is 12.6 Å². The van der Waals surface area contributed by atoms with E-state index in [2.05, 4.69) is 35.8 Å². The zero-order valence-electron chi connectivity index (χ0n) is 17.1. The molecule has 27 heavy (non-hydrogen) atoms. The summed E-state index contributed by atoms with van der Waals surface area (Å²) in [5, 5.41) is 11.3. The number of carbonyl (C=O) groups is 3. The Labute approximate surface area is 161 Å². The molecule has 0 unspecified atom stereocenters. The number of carboxylic acids is 1. The lowest BCUT2D eigenvalue weighted by Gasteiger charge is -2.18. The van der Waals surface area contributed by atoms with Gasteiger partial charge in [-0.15, -0.1) is 0 Å². The minimum Gasteiger partial charge on any atom is -0.480 e. The van der Waals surface area contributed by atoms with Crippen molar-refractivity contribution in [2.24, 2.45) is 11.7 Å². The molecule has 0 saturated heterocycles. The predicted molar refractivity (Wildman–Crippen MR) is 104 cm³/mol. The van der Waals surface area contributed by atoms with Crippen LogP contribution in [0.5, 0.6) is 0 Å². The van der Waals surface area contributed by atoms with E-state index < -0.39 is 29.7 Å². The zero-order valence-corrected chi connectivity index (χ0v) is 17.1. The summed E-state index contributed by atoms with van der Waals surface area (Å²) in [7, 11) is 0. The smallest absolute Gasteiger partial charge is 0.326 e. The largest absolute Gasteiger partial charge is 0.480 e. The molecule has 0 radical (unpaired) electrons. The number of amides is 1. The number of carboxylic acid groups (broad SMARTS) is 1. The van der Waals surface area contributed by atoms with Crippen LogP contribution < -0.4 is 11.1 Å². The molecule has 2 atom stereocenters. The maximum atomic E-state index is 11.7. The predicted octanol–water partition coefficient (Wildman–Crippen LogP) is 0.927. The van der Waals surface area contributed by atoms with E-state index in [-0.39, 0.29) is 18.8 Å². The van der Waals surface area contributed by atoms with Crippen LogP contribution in [-0.2, 0) is 14.4 Å². The van der Waals surface area contributed by atoms with Gasteiger partial charge in [-0.2, -0.15) is 4.79 Å². The Hall–Kier alpha value is -2.09. The van der Waals surface area contributed by atoms with Gasteiger partial charge in [0.1, 0.15) is 6.04 Å². The molecule has 0 fully saturated rings. The summed E-state index contributed by atoms with van der Waals surface area (Å²) in [5.74, 6) is -2.13. The molecule has 0 aliphatic carbocycles. The Morgan fingerprint density at radius 3 is 2.04 bits per heavy atom. The summed E-state index contributed by atoms with van der Waals surface area (Å²) in [6, 6.07) is -1.98. The second-order valence-corrected chi connectivity index (χ2v) is 6.50. The third-order valence-corrected chi connectivity index (χ3v) is 3.90. The second-order valence-electron chi connectivity index (χ2n) is 6.50. The molecular weight excluding hydrogens is 350 g/mol. The minimum atomic E-state index is -1.25. The van der Waals surface area contributed by atoms with Gasteiger partial charge in [-0.05, 0) is 38.4 Å². The molecule has 0 aromatic heterocycles. The van der Waals surface area contributed by atoms with E-state index in [0.717, 1.165) is 0 Å². The van der Waals surface area contributed by atoms with Crippen molar-refractivity contribution >= 4 is 23.9 Å². The van der Waals surface area contributed by atoms with E-state index in [4.69, 9.17) is 16.4 Å². The molecule has 9 nitrogen and oxygen atoms in total. The van der Waals surface area contributed by atoms with Crippen LogP contribution in [0.2, 0.25) is 0 Å². The van der Waals surface area contributed by atoms with Gasteiger partial charge in [0.15, 0.2) is 0 Å². The van der Waals surface area contributed by atoms with Gasteiger partial charge in [0.25, 0.3) is 0 Å². The summed E-state index contributed by atoms with van der Waals surface area (Å²) >= 11 is 0.